The highest BCUT2D eigenvalue weighted by atomic mass is 79.9. The molecule has 2 aromatic rings. The number of halogens is 2. The number of hydrogen-bond donors (Lipinski definition) is 1. The van der Waals surface area contributed by atoms with Gasteiger partial charge in [0.25, 0.3) is 0 Å². The molecule has 1 aliphatic rings. The van der Waals surface area contributed by atoms with E-state index in [-0.39, 0.29) is 5.82 Å². The van der Waals surface area contributed by atoms with Crippen LogP contribution in [-0.4, -0.2) is 60.6 Å². The molecule has 0 atom stereocenters. The number of morpholine rings is 1. The van der Waals surface area contributed by atoms with Crippen LogP contribution in [0.15, 0.2) is 16.6 Å². The summed E-state index contributed by atoms with van der Waals surface area (Å²) in [5, 5.41) is 8.73. The van der Waals surface area contributed by atoms with E-state index in [0.717, 1.165) is 80.8 Å². The van der Waals surface area contributed by atoms with E-state index < -0.39 is 0 Å². The van der Waals surface area contributed by atoms with Crippen molar-refractivity contribution in [3.05, 3.63) is 28.1 Å². The lowest BCUT2D eigenvalue weighted by Gasteiger charge is -2.26. The van der Waals surface area contributed by atoms with Gasteiger partial charge in [0, 0.05) is 35.7 Å². The van der Waals surface area contributed by atoms with Gasteiger partial charge in [-0.15, -0.1) is 0 Å². The van der Waals surface area contributed by atoms with Gasteiger partial charge < -0.3 is 10.1 Å². The summed E-state index contributed by atoms with van der Waals surface area (Å²) in [5.74, 6) is -0.263. The van der Waals surface area contributed by atoms with Crippen LogP contribution in [0.3, 0.4) is 0 Å². The van der Waals surface area contributed by atoms with E-state index in [2.05, 4.69) is 31.2 Å². The minimum atomic E-state index is -0.263. The third-order valence-electron chi connectivity index (χ3n) is 4.71. The van der Waals surface area contributed by atoms with Gasteiger partial charge in [0.05, 0.1) is 13.2 Å². The molecule has 0 unspecified atom stereocenters. The number of benzene rings is 1. The highest BCUT2D eigenvalue weighted by Gasteiger charge is 2.15. The molecule has 0 amide bonds. The van der Waals surface area contributed by atoms with Crippen LogP contribution in [0, 0.1) is 5.82 Å². The molecule has 0 spiro atoms. The first kappa shape index (κ1) is 18.8. The molecule has 1 aromatic carbocycles. The van der Waals surface area contributed by atoms with Gasteiger partial charge in [-0.2, -0.15) is 5.10 Å². The van der Waals surface area contributed by atoms with Gasteiger partial charge in [-0.05, 0) is 51.0 Å². The number of nitrogens with zero attached hydrogens (tertiary/aromatic N) is 3. The fourth-order valence-corrected chi connectivity index (χ4v) is 3.88. The zero-order chi connectivity index (χ0) is 17.6. The largest absolute Gasteiger partial charge is 0.379 e. The fraction of sp³-hybridized carbons (Fsp3) is 0.611. The number of aromatic nitrogens is 2. The van der Waals surface area contributed by atoms with Gasteiger partial charge in [-0.1, -0.05) is 15.9 Å². The highest BCUT2D eigenvalue weighted by Crippen LogP contribution is 2.29. The van der Waals surface area contributed by atoms with Gasteiger partial charge >= 0.3 is 0 Å². The summed E-state index contributed by atoms with van der Waals surface area (Å²) in [6.07, 6.45) is 3.05. The topological polar surface area (TPSA) is 42.3 Å². The molecule has 0 aliphatic carbocycles. The molecule has 3 rings (SSSR count). The summed E-state index contributed by atoms with van der Waals surface area (Å²) in [6, 6.07) is 3.21. The maximum absolute atomic E-state index is 13.9. The van der Waals surface area contributed by atoms with E-state index in [0.29, 0.717) is 5.52 Å². The molecule has 25 heavy (non-hydrogen) atoms. The van der Waals surface area contributed by atoms with Crippen molar-refractivity contribution in [2.45, 2.75) is 19.3 Å². The Morgan fingerprint density at radius 2 is 2.00 bits per heavy atom. The van der Waals surface area contributed by atoms with E-state index in [4.69, 9.17) is 4.74 Å². The summed E-state index contributed by atoms with van der Waals surface area (Å²) in [5.41, 5.74) is 1.53. The fourth-order valence-electron chi connectivity index (χ4n) is 3.33. The normalized spacial score (nSPS) is 16.0. The van der Waals surface area contributed by atoms with E-state index in [1.54, 1.807) is 10.7 Å². The molecule has 1 saturated heterocycles. The van der Waals surface area contributed by atoms with E-state index >= 15 is 0 Å². The van der Waals surface area contributed by atoms with Crippen LogP contribution in [0.25, 0.3) is 10.9 Å². The molecule has 1 N–H and O–H groups in total. The SMILES string of the molecule is Cn1nc2c(F)ccc(Br)c2c1CCCNCCCN1CCOCC1. The van der Waals surface area contributed by atoms with Crippen molar-refractivity contribution in [2.75, 3.05) is 45.9 Å². The van der Waals surface area contributed by atoms with Crippen LogP contribution in [0.4, 0.5) is 4.39 Å². The number of fused-ring (bicyclic) bond motifs is 1. The van der Waals surface area contributed by atoms with E-state index in [1.807, 2.05) is 7.05 Å². The van der Waals surface area contributed by atoms with Crippen molar-refractivity contribution >= 4 is 26.8 Å². The average Bonchev–Trinajstić information content (AvgIpc) is 2.96. The van der Waals surface area contributed by atoms with E-state index in [9.17, 15) is 4.39 Å². The van der Waals surface area contributed by atoms with Gasteiger partial charge in [0.15, 0.2) is 5.82 Å². The molecule has 0 radical (unpaired) electrons. The predicted molar refractivity (Wildman–Crippen MR) is 101 cm³/mol. The van der Waals surface area contributed by atoms with Gasteiger partial charge in [0.2, 0.25) is 0 Å². The summed E-state index contributed by atoms with van der Waals surface area (Å²) in [6.45, 7) is 6.96. The first-order valence-electron chi connectivity index (χ1n) is 8.97. The Morgan fingerprint density at radius 3 is 2.80 bits per heavy atom. The Morgan fingerprint density at radius 1 is 1.24 bits per heavy atom. The lowest BCUT2D eigenvalue weighted by molar-refractivity contribution is 0.0374. The summed E-state index contributed by atoms with van der Waals surface area (Å²) in [4.78, 5) is 2.46. The second-order valence-corrected chi connectivity index (χ2v) is 7.34. The molecule has 1 aromatic heterocycles. The minimum Gasteiger partial charge on any atom is -0.379 e. The van der Waals surface area contributed by atoms with Crippen molar-refractivity contribution in [1.29, 1.82) is 0 Å². The second-order valence-electron chi connectivity index (χ2n) is 6.48. The molecule has 0 bridgehead atoms. The quantitative estimate of drug-likeness (QED) is 0.676. The Hall–Kier alpha value is -1.02. The number of nitrogens with one attached hydrogen (secondary N) is 1. The molecule has 5 nitrogen and oxygen atoms in total. The first-order chi connectivity index (χ1) is 12.2. The Balaban J connectivity index is 1.41. The number of ether oxygens (including phenoxy) is 1. The van der Waals surface area contributed by atoms with Crippen LogP contribution in [0.1, 0.15) is 18.5 Å². The van der Waals surface area contributed by atoms with Crippen molar-refractivity contribution in [1.82, 2.24) is 20.0 Å². The average molecular weight is 413 g/mol. The maximum Gasteiger partial charge on any atom is 0.151 e. The van der Waals surface area contributed by atoms with Gasteiger partial charge in [0.1, 0.15) is 5.52 Å². The predicted octanol–water partition coefficient (Wildman–Crippen LogP) is 2.72. The molecule has 1 fully saturated rings. The Kier molecular flexibility index (Phi) is 6.81. The van der Waals surface area contributed by atoms with Crippen LogP contribution in [0.5, 0.6) is 0 Å². The zero-order valence-electron chi connectivity index (χ0n) is 14.7. The summed E-state index contributed by atoms with van der Waals surface area (Å²) >= 11 is 3.53. The maximum atomic E-state index is 13.9. The molecule has 7 heteroatoms. The summed E-state index contributed by atoms with van der Waals surface area (Å²) < 4.78 is 22.0. The molecule has 138 valence electrons. The molecular weight excluding hydrogens is 387 g/mol. The smallest absolute Gasteiger partial charge is 0.151 e. The van der Waals surface area contributed by atoms with Crippen molar-refractivity contribution in [3.63, 3.8) is 0 Å². The Labute approximate surface area is 156 Å². The third-order valence-corrected chi connectivity index (χ3v) is 5.37. The Bertz CT molecular complexity index is 700. The number of rotatable bonds is 8. The van der Waals surface area contributed by atoms with Crippen molar-refractivity contribution in [3.8, 4) is 0 Å². The van der Waals surface area contributed by atoms with Gasteiger partial charge in [-0.3, -0.25) is 9.58 Å². The zero-order valence-corrected chi connectivity index (χ0v) is 16.3. The minimum absolute atomic E-state index is 0.263. The first-order valence-corrected chi connectivity index (χ1v) is 9.76. The van der Waals surface area contributed by atoms with E-state index in [1.165, 1.54) is 6.07 Å². The molecule has 1 aliphatic heterocycles. The molecular formula is C18H26BrFN4O. The van der Waals surface area contributed by atoms with Crippen LogP contribution < -0.4 is 5.32 Å². The molecule has 2 heterocycles. The third kappa shape index (κ3) is 4.78. The van der Waals surface area contributed by atoms with Crippen LogP contribution in [-0.2, 0) is 18.2 Å². The second kappa shape index (κ2) is 9.07. The monoisotopic (exact) mass is 412 g/mol. The summed E-state index contributed by atoms with van der Waals surface area (Å²) in [7, 11) is 1.89. The van der Waals surface area contributed by atoms with Crippen molar-refractivity contribution in [2.24, 2.45) is 7.05 Å². The van der Waals surface area contributed by atoms with Gasteiger partial charge in [-0.25, -0.2) is 4.39 Å². The molecule has 0 saturated carbocycles. The number of hydrogen-bond acceptors (Lipinski definition) is 4. The van der Waals surface area contributed by atoms with Crippen LogP contribution >= 0.6 is 15.9 Å². The lowest BCUT2D eigenvalue weighted by atomic mass is 10.1. The number of aryl methyl sites for hydroxylation is 2. The van der Waals surface area contributed by atoms with Crippen LogP contribution in [0.2, 0.25) is 0 Å². The lowest BCUT2D eigenvalue weighted by Crippen LogP contribution is -2.37. The highest BCUT2D eigenvalue weighted by molar-refractivity contribution is 9.10. The van der Waals surface area contributed by atoms with Crippen molar-refractivity contribution < 1.29 is 9.13 Å². The standard InChI is InChI=1S/C18H26BrFN4O/c1-23-16(17-14(19)5-6-15(20)18(17)22-23)4-2-7-21-8-3-9-24-10-12-25-13-11-24/h5-6,21H,2-4,7-13H2,1H3.